The van der Waals surface area contributed by atoms with Gasteiger partial charge in [0, 0.05) is 5.75 Å². The van der Waals surface area contributed by atoms with Gasteiger partial charge in [0.15, 0.2) is 0 Å². The summed E-state index contributed by atoms with van der Waals surface area (Å²) in [6, 6.07) is 13.3. The SMILES string of the molecule is CCc1cc2ccccc2cc1CSC. The molecular weight excluding hydrogens is 200 g/mol. The lowest BCUT2D eigenvalue weighted by Gasteiger charge is -2.08. The van der Waals surface area contributed by atoms with Gasteiger partial charge in [-0.25, -0.2) is 0 Å². The second-order valence-electron chi connectivity index (χ2n) is 3.75. The maximum absolute atomic E-state index is 2.34. The molecule has 0 radical (unpaired) electrons. The van der Waals surface area contributed by atoms with Crippen molar-refractivity contribution in [3.63, 3.8) is 0 Å². The van der Waals surface area contributed by atoms with Crippen LogP contribution in [0.4, 0.5) is 0 Å². The number of fused-ring (bicyclic) bond motifs is 1. The van der Waals surface area contributed by atoms with Crippen molar-refractivity contribution in [1.82, 2.24) is 0 Å². The van der Waals surface area contributed by atoms with Crippen LogP contribution in [0.2, 0.25) is 0 Å². The van der Waals surface area contributed by atoms with Crippen LogP contribution in [0.5, 0.6) is 0 Å². The molecule has 0 saturated heterocycles. The first-order valence-electron chi connectivity index (χ1n) is 5.34. The normalized spacial score (nSPS) is 10.8. The largest absolute Gasteiger partial charge is 0.161 e. The number of aryl methyl sites for hydroxylation is 1. The molecule has 2 aromatic carbocycles. The summed E-state index contributed by atoms with van der Waals surface area (Å²) in [4.78, 5) is 0. The first kappa shape index (κ1) is 10.6. The predicted octanol–water partition coefficient (Wildman–Crippen LogP) is 4.27. The van der Waals surface area contributed by atoms with E-state index in [0.29, 0.717) is 0 Å². The molecule has 0 aliphatic heterocycles. The number of benzene rings is 2. The fourth-order valence-electron chi connectivity index (χ4n) is 1.95. The Hall–Kier alpha value is -0.950. The highest BCUT2D eigenvalue weighted by atomic mass is 32.2. The fourth-order valence-corrected chi connectivity index (χ4v) is 2.53. The van der Waals surface area contributed by atoms with Gasteiger partial charge >= 0.3 is 0 Å². The van der Waals surface area contributed by atoms with E-state index in [2.05, 4.69) is 49.6 Å². The van der Waals surface area contributed by atoms with Crippen molar-refractivity contribution in [2.24, 2.45) is 0 Å². The van der Waals surface area contributed by atoms with Gasteiger partial charge in [-0.15, -0.1) is 0 Å². The zero-order chi connectivity index (χ0) is 10.7. The highest BCUT2D eigenvalue weighted by molar-refractivity contribution is 7.97. The molecule has 0 nitrogen and oxygen atoms in total. The van der Waals surface area contributed by atoms with Crippen molar-refractivity contribution in [2.75, 3.05) is 6.26 Å². The average Bonchev–Trinajstić information content (AvgIpc) is 2.28. The molecule has 0 amide bonds. The summed E-state index contributed by atoms with van der Waals surface area (Å²) < 4.78 is 0. The van der Waals surface area contributed by atoms with Gasteiger partial charge in [0.25, 0.3) is 0 Å². The standard InChI is InChI=1S/C14H16S/c1-3-11-8-12-6-4-5-7-13(12)9-14(11)10-15-2/h4-9H,3,10H2,1-2H3. The van der Waals surface area contributed by atoms with E-state index in [1.54, 1.807) is 0 Å². The topological polar surface area (TPSA) is 0 Å². The maximum Gasteiger partial charge on any atom is 0.0184 e. The summed E-state index contributed by atoms with van der Waals surface area (Å²) >= 11 is 1.89. The first-order chi connectivity index (χ1) is 7.35. The lowest BCUT2D eigenvalue weighted by atomic mass is 10.0. The molecule has 0 heterocycles. The van der Waals surface area contributed by atoms with Gasteiger partial charge in [-0.1, -0.05) is 43.3 Å². The van der Waals surface area contributed by atoms with Crippen molar-refractivity contribution in [1.29, 1.82) is 0 Å². The summed E-state index contributed by atoms with van der Waals surface area (Å²) in [7, 11) is 0. The molecule has 78 valence electrons. The minimum atomic E-state index is 1.12. The van der Waals surface area contributed by atoms with E-state index in [-0.39, 0.29) is 0 Å². The summed E-state index contributed by atoms with van der Waals surface area (Å²) in [6.07, 6.45) is 3.29. The molecule has 2 rings (SSSR count). The van der Waals surface area contributed by atoms with Crippen LogP contribution in [0.3, 0.4) is 0 Å². The third-order valence-electron chi connectivity index (χ3n) is 2.75. The van der Waals surface area contributed by atoms with Crippen molar-refractivity contribution >= 4 is 22.5 Å². The molecule has 0 fully saturated rings. The Morgan fingerprint density at radius 2 is 1.60 bits per heavy atom. The highest BCUT2D eigenvalue weighted by Gasteiger charge is 2.02. The fraction of sp³-hybridized carbons (Fsp3) is 0.286. The van der Waals surface area contributed by atoms with Gasteiger partial charge in [-0.05, 0) is 34.6 Å². The third kappa shape index (κ3) is 2.18. The van der Waals surface area contributed by atoms with Crippen molar-refractivity contribution in [2.45, 2.75) is 19.1 Å². The highest BCUT2D eigenvalue weighted by Crippen LogP contribution is 2.23. The minimum Gasteiger partial charge on any atom is -0.161 e. The zero-order valence-electron chi connectivity index (χ0n) is 9.29. The Morgan fingerprint density at radius 3 is 2.13 bits per heavy atom. The van der Waals surface area contributed by atoms with Crippen LogP contribution in [0.15, 0.2) is 36.4 Å². The molecule has 0 aromatic heterocycles. The summed E-state index contributed by atoms with van der Waals surface area (Å²) in [5.41, 5.74) is 2.98. The van der Waals surface area contributed by atoms with Crippen LogP contribution in [-0.2, 0) is 12.2 Å². The van der Waals surface area contributed by atoms with Gasteiger partial charge in [0.1, 0.15) is 0 Å². The van der Waals surface area contributed by atoms with E-state index in [0.717, 1.165) is 12.2 Å². The molecule has 0 atom stereocenters. The molecule has 0 N–H and O–H groups in total. The van der Waals surface area contributed by atoms with Crippen LogP contribution in [0.1, 0.15) is 18.1 Å². The van der Waals surface area contributed by atoms with Gasteiger partial charge in [-0.3, -0.25) is 0 Å². The van der Waals surface area contributed by atoms with Crippen LogP contribution in [-0.4, -0.2) is 6.26 Å². The second kappa shape index (κ2) is 4.71. The number of thioether (sulfide) groups is 1. The molecule has 1 heteroatoms. The zero-order valence-corrected chi connectivity index (χ0v) is 10.1. The lowest BCUT2D eigenvalue weighted by Crippen LogP contribution is -1.91. The van der Waals surface area contributed by atoms with Crippen LogP contribution >= 0.6 is 11.8 Å². The number of hydrogen-bond donors (Lipinski definition) is 0. The molecule has 0 bridgehead atoms. The summed E-state index contributed by atoms with van der Waals surface area (Å²) in [6.45, 7) is 2.23. The number of hydrogen-bond acceptors (Lipinski definition) is 1. The predicted molar refractivity (Wildman–Crippen MR) is 70.5 cm³/mol. The molecule has 0 spiro atoms. The quantitative estimate of drug-likeness (QED) is 0.738. The summed E-state index contributed by atoms with van der Waals surface area (Å²) in [5.74, 6) is 1.12. The van der Waals surface area contributed by atoms with Crippen LogP contribution < -0.4 is 0 Å². The second-order valence-corrected chi connectivity index (χ2v) is 4.62. The van der Waals surface area contributed by atoms with Crippen LogP contribution in [0, 0.1) is 0 Å². The van der Waals surface area contributed by atoms with E-state index in [1.807, 2.05) is 11.8 Å². The molecular formula is C14H16S. The Morgan fingerprint density at radius 1 is 1.00 bits per heavy atom. The van der Waals surface area contributed by atoms with Crippen molar-refractivity contribution in [3.8, 4) is 0 Å². The first-order valence-corrected chi connectivity index (χ1v) is 6.74. The molecule has 0 saturated carbocycles. The van der Waals surface area contributed by atoms with Gasteiger partial charge in [0.05, 0.1) is 0 Å². The molecule has 15 heavy (non-hydrogen) atoms. The van der Waals surface area contributed by atoms with Gasteiger partial charge < -0.3 is 0 Å². The Balaban J connectivity index is 2.58. The van der Waals surface area contributed by atoms with E-state index in [4.69, 9.17) is 0 Å². The van der Waals surface area contributed by atoms with Gasteiger partial charge in [0.2, 0.25) is 0 Å². The Bertz CT molecular complexity index is 460. The average molecular weight is 216 g/mol. The molecule has 0 aliphatic carbocycles. The van der Waals surface area contributed by atoms with E-state index in [1.165, 1.54) is 21.9 Å². The lowest BCUT2D eigenvalue weighted by molar-refractivity contribution is 1.11. The van der Waals surface area contributed by atoms with Crippen molar-refractivity contribution < 1.29 is 0 Å². The van der Waals surface area contributed by atoms with E-state index in [9.17, 15) is 0 Å². The number of rotatable bonds is 3. The Kier molecular flexibility index (Phi) is 3.32. The van der Waals surface area contributed by atoms with Crippen LogP contribution in [0.25, 0.3) is 10.8 Å². The molecule has 2 aromatic rings. The van der Waals surface area contributed by atoms with E-state index < -0.39 is 0 Å². The maximum atomic E-state index is 2.34. The van der Waals surface area contributed by atoms with Crippen molar-refractivity contribution in [3.05, 3.63) is 47.5 Å². The Labute approximate surface area is 95.7 Å². The van der Waals surface area contributed by atoms with E-state index >= 15 is 0 Å². The third-order valence-corrected chi connectivity index (χ3v) is 3.35. The molecule has 0 aliphatic rings. The smallest absolute Gasteiger partial charge is 0.0184 e. The summed E-state index contributed by atoms with van der Waals surface area (Å²) in [5, 5.41) is 2.72. The molecule has 0 unspecified atom stereocenters. The monoisotopic (exact) mass is 216 g/mol. The minimum absolute atomic E-state index is 1.12. The van der Waals surface area contributed by atoms with Gasteiger partial charge in [-0.2, -0.15) is 11.8 Å².